The first-order valence-corrected chi connectivity index (χ1v) is 4.75. The molecule has 0 aliphatic carbocycles. The van der Waals surface area contributed by atoms with Crippen molar-refractivity contribution in [2.75, 3.05) is 0 Å². The van der Waals surface area contributed by atoms with Crippen LogP contribution in [0.2, 0.25) is 0 Å². The van der Waals surface area contributed by atoms with Gasteiger partial charge in [-0.25, -0.2) is 0 Å². The highest BCUT2D eigenvalue weighted by atomic mass is 35.5. The number of benzene rings is 1. The molecule has 0 heterocycles. The molecule has 0 N–H and O–H groups in total. The van der Waals surface area contributed by atoms with Gasteiger partial charge in [0.1, 0.15) is 5.75 Å². The van der Waals surface area contributed by atoms with Crippen LogP contribution in [0.4, 0.5) is 0 Å². The van der Waals surface area contributed by atoms with Gasteiger partial charge in [-0.1, -0.05) is 12.1 Å². The fourth-order valence-corrected chi connectivity index (χ4v) is 1.21. The van der Waals surface area contributed by atoms with Gasteiger partial charge in [-0.05, 0) is 31.5 Å². The summed E-state index contributed by atoms with van der Waals surface area (Å²) in [6, 6.07) is 7.22. The summed E-state index contributed by atoms with van der Waals surface area (Å²) in [5.74, 6) is 0.207. The minimum Gasteiger partial charge on any atom is -0.427 e. The van der Waals surface area contributed by atoms with E-state index in [1.54, 1.807) is 12.1 Å². The third kappa shape index (κ3) is 3.04. The lowest BCUT2D eigenvalue weighted by Crippen LogP contribution is -2.08. The average molecular weight is 213 g/mol. The third-order valence-corrected chi connectivity index (χ3v) is 2.00. The molecule has 0 spiro atoms. The fourth-order valence-electron chi connectivity index (χ4n) is 1.10. The molecule has 0 amide bonds. The Morgan fingerprint density at radius 1 is 1.43 bits per heavy atom. The van der Waals surface area contributed by atoms with Crippen LogP contribution in [0.15, 0.2) is 24.3 Å². The Morgan fingerprint density at radius 2 is 2.07 bits per heavy atom. The SMILES string of the molecule is CC(=O)Oc1cccc(C(C)(C)Cl)c1. The number of carbonyl (C=O) groups is 1. The highest BCUT2D eigenvalue weighted by Gasteiger charge is 2.16. The van der Waals surface area contributed by atoms with E-state index in [0.717, 1.165) is 5.56 Å². The smallest absolute Gasteiger partial charge is 0.308 e. The first kappa shape index (κ1) is 11.1. The molecule has 2 nitrogen and oxygen atoms in total. The van der Waals surface area contributed by atoms with Gasteiger partial charge in [0.25, 0.3) is 0 Å². The number of rotatable bonds is 2. The average Bonchev–Trinajstić information content (AvgIpc) is 2.01. The van der Waals surface area contributed by atoms with E-state index < -0.39 is 4.87 Å². The summed E-state index contributed by atoms with van der Waals surface area (Å²) in [5, 5.41) is 0. The Hall–Kier alpha value is -1.02. The number of carbonyl (C=O) groups excluding carboxylic acids is 1. The van der Waals surface area contributed by atoms with E-state index in [2.05, 4.69) is 0 Å². The Kier molecular flexibility index (Phi) is 3.17. The molecule has 0 unspecified atom stereocenters. The maximum atomic E-state index is 10.7. The van der Waals surface area contributed by atoms with Crippen LogP contribution in [0.25, 0.3) is 0 Å². The molecule has 3 heteroatoms. The molecule has 0 fully saturated rings. The van der Waals surface area contributed by atoms with Gasteiger partial charge in [-0.2, -0.15) is 0 Å². The first-order valence-electron chi connectivity index (χ1n) is 4.37. The van der Waals surface area contributed by atoms with Crippen molar-refractivity contribution in [2.45, 2.75) is 25.6 Å². The number of alkyl halides is 1. The summed E-state index contributed by atoms with van der Waals surface area (Å²) in [7, 11) is 0. The second kappa shape index (κ2) is 4.01. The van der Waals surface area contributed by atoms with E-state index in [1.165, 1.54) is 6.92 Å². The Bertz CT molecular complexity index is 339. The highest BCUT2D eigenvalue weighted by Crippen LogP contribution is 2.29. The molecule has 0 radical (unpaired) electrons. The van der Waals surface area contributed by atoms with Crippen LogP contribution in [0.5, 0.6) is 5.75 Å². The van der Waals surface area contributed by atoms with Crippen molar-refractivity contribution in [3.05, 3.63) is 29.8 Å². The second-order valence-electron chi connectivity index (χ2n) is 3.59. The number of hydrogen-bond acceptors (Lipinski definition) is 2. The Morgan fingerprint density at radius 3 is 2.57 bits per heavy atom. The lowest BCUT2D eigenvalue weighted by molar-refractivity contribution is -0.131. The van der Waals surface area contributed by atoms with E-state index in [4.69, 9.17) is 16.3 Å². The summed E-state index contributed by atoms with van der Waals surface area (Å²) < 4.78 is 4.95. The number of hydrogen-bond donors (Lipinski definition) is 0. The summed E-state index contributed by atoms with van der Waals surface area (Å²) in [6.07, 6.45) is 0. The van der Waals surface area contributed by atoms with Crippen molar-refractivity contribution in [1.82, 2.24) is 0 Å². The molecule has 0 saturated carbocycles. The predicted molar refractivity (Wildman–Crippen MR) is 56.6 cm³/mol. The standard InChI is InChI=1S/C11H13ClO2/c1-8(13)14-10-6-4-5-9(7-10)11(2,3)12/h4-7H,1-3H3. The number of halogens is 1. The van der Waals surface area contributed by atoms with Gasteiger partial charge >= 0.3 is 5.97 Å². The van der Waals surface area contributed by atoms with Crippen LogP contribution < -0.4 is 4.74 Å². The van der Waals surface area contributed by atoms with E-state index in [0.29, 0.717) is 5.75 Å². The molecule has 1 aromatic carbocycles. The van der Waals surface area contributed by atoms with Gasteiger partial charge in [0.05, 0.1) is 4.87 Å². The van der Waals surface area contributed by atoms with Crippen LogP contribution >= 0.6 is 11.6 Å². The van der Waals surface area contributed by atoms with Crippen molar-refractivity contribution in [3.63, 3.8) is 0 Å². The molecule has 0 aliphatic heterocycles. The topological polar surface area (TPSA) is 26.3 Å². The summed E-state index contributed by atoms with van der Waals surface area (Å²) in [5.41, 5.74) is 0.929. The van der Waals surface area contributed by atoms with Crippen molar-refractivity contribution in [3.8, 4) is 5.75 Å². The second-order valence-corrected chi connectivity index (χ2v) is 4.54. The van der Waals surface area contributed by atoms with Crippen LogP contribution in [-0.2, 0) is 9.67 Å². The quantitative estimate of drug-likeness (QED) is 0.428. The predicted octanol–water partition coefficient (Wildman–Crippen LogP) is 3.09. The lowest BCUT2D eigenvalue weighted by Gasteiger charge is -2.16. The van der Waals surface area contributed by atoms with E-state index in [-0.39, 0.29) is 5.97 Å². The van der Waals surface area contributed by atoms with Gasteiger partial charge in [0.2, 0.25) is 0 Å². The molecule has 14 heavy (non-hydrogen) atoms. The van der Waals surface area contributed by atoms with Crippen LogP contribution in [-0.4, -0.2) is 5.97 Å². The van der Waals surface area contributed by atoms with Gasteiger partial charge in [0.15, 0.2) is 0 Å². The largest absolute Gasteiger partial charge is 0.427 e. The Labute approximate surface area is 88.8 Å². The minimum atomic E-state index is -0.448. The van der Waals surface area contributed by atoms with Gasteiger partial charge in [-0.15, -0.1) is 11.6 Å². The molecule has 0 aromatic heterocycles. The van der Waals surface area contributed by atoms with Crippen LogP contribution in [0.3, 0.4) is 0 Å². The molecule has 0 aliphatic rings. The minimum absolute atomic E-state index is 0.325. The van der Waals surface area contributed by atoms with E-state index in [1.807, 2.05) is 26.0 Å². The fraction of sp³-hybridized carbons (Fsp3) is 0.364. The van der Waals surface area contributed by atoms with Crippen molar-refractivity contribution >= 4 is 17.6 Å². The van der Waals surface area contributed by atoms with E-state index in [9.17, 15) is 4.79 Å². The summed E-state index contributed by atoms with van der Waals surface area (Å²) >= 11 is 6.13. The highest BCUT2D eigenvalue weighted by molar-refractivity contribution is 6.23. The molecule has 76 valence electrons. The molecular weight excluding hydrogens is 200 g/mol. The lowest BCUT2D eigenvalue weighted by atomic mass is 10.0. The number of esters is 1. The molecular formula is C11H13ClO2. The zero-order valence-electron chi connectivity index (χ0n) is 8.50. The van der Waals surface area contributed by atoms with Gasteiger partial charge in [0, 0.05) is 6.92 Å². The molecule has 0 atom stereocenters. The van der Waals surface area contributed by atoms with Gasteiger partial charge < -0.3 is 4.74 Å². The molecule has 0 bridgehead atoms. The molecule has 0 saturated heterocycles. The zero-order valence-corrected chi connectivity index (χ0v) is 9.26. The van der Waals surface area contributed by atoms with Crippen LogP contribution in [0, 0.1) is 0 Å². The monoisotopic (exact) mass is 212 g/mol. The normalized spacial score (nSPS) is 11.1. The Balaban J connectivity index is 2.95. The maximum Gasteiger partial charge on any atom is 0.308 e. The molecule has 1 rings (SSSR count). The van der Waals surface area contributed by atoms with Gasteiger partial charge in [-0.3, -0.25) is 4.79 Å². The van der Waals surface area contributed by atoms with Crippen molar-refractivity contribution in [2.24, 2.45) is 0 Å². The van der Waals surface area contributed by atoms with Crippen molar-refractivity contribution in [1.29, 1.82) is 0 Å². The third-order valence-electron chi connectivity index (χ3n) is 1.78. The maximum absolute atomic E-state index is 10.7. The zero-order chi connectivity index (χ0) is 10.8. The first-order chi connectivity index (χ1) is 6.39. The van der Waals surface area contributed by atoms with Crippen molar-refractivity contribution < 1.29 is 9.53 Å². The summed E-state index contributed by atoms with van der Waals surface area (Å²) in [4.78, 5) is 10.3. The van der Waals surface area contributed by atoms with Crippen LogP contribution in [0.1, 0.15) is 26.3 Å². The van der Waals surface area contributed by atoms with E-state index >= 15 is 0 Å². The summed E-state index contributed by atoms with van der Waals surface area (Å²) in [6.45, 7) is 5.15. The number of ether oxygens (including phenoxy) is 1. The molecule has 1 aromatic rings.